The molecule has 0 radical (unpaired) electrons. The van der Waals surface area contributed by atoms with Crippen LogP contribution in [0.5, 0.6) is 5.88 Å². The minimum Gasteiger partial charge on any atom is -0.480 e. The van der Waals surface area contributed by atoms with E-state index in [1.807, 2.05) is 0 Å². The van der Waals surface area contributed by atoms with E-state index >= 15 is 0 Å². The second-order valence-corrected chi connectivity index (χ2v) is 5.48. The van der Waals surface area contributed by atoms with Crippen LogP contribution < -0.4 is 10.1 Å². The standard InChI is InChI=1S/C12H20BrN5O/c1-17-5-7-18(8-6-17)4-3-14-12-15-9-10(13)11(16-12)19-2/h9H,3-8H2,1-2H3,(H,14,15,16). The third kappa shape index (κ3) is 4.29. The zero-order chi connectivity index (χ0) is 13.7. The Bertz CT molecular complexity index is 409. The van der Waals surface area contributed by atoms with Gasteiger partial charge in [0.2, 0.25) is 11.8 Å². The highest BCUT2D eigenvalue weighted by atomic mass is 79.9. The molecule has 0 bridgehead atoms. The Kier molecular flexibility index (Phi) is 5.35. The first-order valence-electron chi connectivity index (χ1n) is 6.40. The van der Waals surface area contributed by atoms with E-state index in [9.17, 15) is 0 Å². The van der Waals surface area contributed by atoms with Crippen molar-refractivity contribution < 1.29 is 4.74 Å². The molecule has 1 aliphatic heterocycles. The van der Waals surface area contributed by atoms with Gasteiger partial charge < -0.3 is 15.0 Å². The van der Waals surface area contributed by atoms with Crippen LogP contribution in [0.15, 0.2) is 10.7 Å². The lowest BCUT2D eigenvalue weighted by molar-refractivity contribution is 0.158. The SMILES string of the molecule is COc1nc(NCCN2CCN(C)CC2)ncc1Br. The second kappa shape index (κ2) is 7.02. The van der Waals surface area contributed by atoms with Crippen molar-refractivity contribution in [2.75, 3.05) is 58.7 Å². The maximum atomic E-state index is 5.14. The molecule has 0 spiro atoms. The van der Waals surface area contributed by atoms with Gasteiger partial charge in [-0.1, -0.05) is 0 Å². The molecular weight excluding hydrogens is 310 g/mol. The third-order valence-electron chi connectivity index (χ3n) is 3.21. The average Bonchev–Trinajstić information content (AvgIpc) is 2.43. The molecule has 1 saturated heterocycles. The number of hydrogen-bond acceptors (Lipinski definition) is 6. The fourth-order valence-electron chi connectivity index (χ4n) is 1.98. The molecule has 7 heteroatoms. The summed E-state index contributed by atoms with van der Waals surface area (Å²) in [5, 5.41) is 3.23. The zero-order valence-corrected chi connectivity index (χ0v) is 13.0. The molecule has 1 fully saturated rings. The molecular formula is C12H20BrN5O. The van der Waals surface area contributed by atoms with Crippen LogP contribution in [-0.2, 0) is 0 Å². The van der Waals surface area contributed by atoms with E-state index in [0.29, 0.717) is 11.8 Å². The van der Waals surface area contributed by atoms with Gasteiger partial charge in [-0.2, -0.15) is 4.98 Å². The summed E-state index contributed by atoms with van der Waals surface area (Å²) in [4.78, 5) is 13.3. The van der Waals surface area contributed by atoms with Crippen LogP contribution >= 0.6 is 15.9 Å². The zero-order valence-electron chi connectivity index (χ0n) is 11.4. The summed E-state index contributed by atoms with van der Waals surface area (Å²) in [5.74, 6) is 1.16. The van der Waals surface area contributed by atoms with E-state index < -0.39 is 0 Å². The summed E-state index contributed by atoms with van der Waals surface area (Å²) in [6.45, 7) is 6.39. The average molecular weight is 330 g/mol. The molecule has 0 aromatic carbocycles. The van der Waals surface area contributed by atoms with Crippen molar-refractivity contribution in [2.45, 2.75) is 0 Å². The molecule has 0 saturated carbocycles. The summed E-state index contributed by atoms with van der Waals surface area (Å²) in [7, 11) is 3.76. The largest absolute Gasteiger partial charge is 0.480 e. The van der Waals surface area contributed by atoms with Crippen molar-refractivity contribution in [2.24, 2.45) is 0 Å². The van der Waals surface area contributed by atoms with Crippen molar-refractivity contribution in [3.63, 3.8) is 0 Å². The Hall–Kier alpha value is -0.920. The lowest BCUT2D eigenvalue weighted by Crippen LogP contribution is -2.45. The number of halogens is 1. The predicted molar refractivity (Wildman–Crippen MR) is 78.7 cm³/mol. The summed E-state index contributed by atoms with van der Waals surface area (Å²) < 4.78 is 5.90. The van der Waals surface area contributed by atoms with Gasteiger partial charge in [0, 0.05) is 39.3 Å². The van der Waals surface area contributed by atoms with Crippen molar-refractivity contribution in [1.82, 2.24) is 19.8 Å². The van der Waals surface area contributed by atoms with Gasteiger partial charge in [-0.05, 0) is 23.0 Å². The van der Waals surface area contributed by atoms with E-state index in [-0.39, 0.29) is 0 Å². The van der Waals surface area contributed by atoms with Gasteiger partial charge in [-0.3, -0.25) is 4.90 Å². The first kappa shape index (κ1) is 14.5. The van der Waals surface area contributed by atoms with Crippen LogP contribution in [0, 0.1) is 0 Å². The summed E-state index contributed by atoms with van der Waals surface area (Å²) >= 11 is 3.34. The van der Waals surface area contributed by atoms with Crippen molar-refractivity contribution >= 4 is 21.9 Å². The first-order chi connectivity index (χ1) is 9.19. The number of ether oxygens (including phenoxy) is 1. The number of nitrogens with one attached hydrogen (secondary N) is 1. The molecule has 1 aromatic heterocycles. The molecule has 1 aromatic rings. The molecule has 1 N–H and O–H groups in total. The normalized spacial score (nSPS) is 17.4. The Balaban J connectivity index is 1.76. The van der Waals surface area contributed by atoms with Crippen LogP contribution in [0.1, 0.15) is 0 Å². The lowest BCUT2D eigenvalue weighted by atomic mass is 10.3. The van der Waals surface area contributed by atoms with E-state index in [2.05, 4.69) is 48.1 Å². The van der Waals surface area contributed by atoms with Gasteiger partial charge in [0.05, 0.1) is 17.8 Å². The van der Waals surface area contributed by atoms with E-state index in [1.165, 1.54) is 0 Å². The third-order valence-corrected chi connectivity index (χ3v) is 3.76. The van der Waals surface area contributed by atoms with Gasteiger partial charge in [0.25, 0.3) is 0 Å². The number of anilines is 1. The molecule has 0 aliphatic carbocycles. The number of hydrogen-bond donors (Lipinski definition) is 1. The van der Waals surface area contributed by atoms with Crippen LogP contribution in [0.3, 0.4) is 0 Å². The van der Waals surface area contributed by atoms with Crippen LogP contribution in [0.25, 0.3) is 0 Å². The monoisotopic (exact) mass is 329 g/mol. The molecule has 2 rings (SSSR count). The molecule has 6 nitrogen and oxygen atoms in total. The Labute approximate surface area is 122 Å². The molecule has 0 amide bonds. The number of methoxy groups -OCH3 is 1. The quantitative estimate of drug-likeness (QED) is 0.866. The number of nitrogens with zero attached hydrogens (tertiary/aromatic N) is 4. The minimum atomic E-state index is 0.553. The molecule has 0 unspecified atom stereocenters. The van der Waals surface area contributed by atoms with E-state index in [1.54, 1.807) is 13.3 Å². The minimum absolute atomic E-state index is 0.553. The highest BCUT2D eigenvalue weighted by molar-refractivity contribution is 9.10. The van der Waals surface area contributed by atoms with Crippen molar-refractivity contribution in [1.29, 1.82) is 0 Å². The maximum Gasteiger partial charge on any atom is 0.232 e. The second-order valence-electron chi connectivity index (χ2n) is 4.62. The Morgan fingerprint density at radius 3 is 2.79 bits per heavy atom. The smallest absolute Gasteiger partial charge is 0.232 e. The summed E-state index contributed by atoms with van der Waals surface area (Å²) in [6, 6.07) is 0. The lowest BCUT2D eigenvalue weighted by Gasteiger charge is -2.32. The maximum absolute atomic E-state index is 5.14. The van der Waals surface area contributed by atoms with Gasteiger partial charge >= 0.3 is 0 Å². The fourth-order valence-corrected chi connectivity index (χ4v) is 2.33. The number of piperazine rings is 1. The Morgan fingerprint density at radius 2 is 2.11 bits per heavy atom. The van der Waals surface area contributed by atoms with Crippen LogP contribution in [0.4, 0.5) is 5.95 Å². The number of aromatic nitrogens is 2. The van der Waals surface area contributed by atoms with Crippen LogP contribution in [0.2, 0.25) is 0 Å². The van der Waals surface area contributed by atoms with Gasteiger partial charge in [0.1, 0.15) is 0 Å². The van der Waals surface area contributed by atoms with Gasteiger partial charge in [-0.15, -0.1) is 0 Å². The highest BCUT2D eigenvalue weighted by Gasteiger charge is 2.13. The van der Waals surface area contributed by atoms with Gasteiger partial charge in [-0.25, -0.2) is 4.98 Å². The molecule has 1 aliphatic rings. The molecule has 19 heavy (non-hydrogen) atoms. The van der Waals surface area contributed by atoms with E-state index in [0.717, 1.165) is 43.7 Å². The number of rotatable bonds is 5. The van der Waals surface area contributed by atoms with Crippen molar-refractivity contribution in [3.05, 3.63) is 10.7 Å². The summed E-state index contributed by atoms with van der Waals surface area (Å²) in [6.07, 6.45) is 1.70. The van der Waals surface area contributed by atoms with E-state index in [4.69, 9.17) is 4.74 Å². The first-order valence-corrected chi connectivity index (χ1v) is 7.19. The predicted octanol–water partition coefficient (Wildman–Crippen LogP) is 0.907. The molecule has 2 heterocycles. The molecule has 106 valence electrons. The topological polar surface area (TPSA) is 53.5 Å². The number of likely N-dealkylation sites (N-methyl/N-ethyl adjacent to an activating group) is 1. The van der Waals surface area contributed by atoms with Crippen LogP contribution in [-0.4, -0.2) is 73.2 Å². The fraction of sp³-hybridized carbons (Fsp3) is 0.667. The summed E-state index contributed by atoms with van der Waals surface area (Å²) in [5.41, 5.74) is 0. The van der Waals surface area contributed by atoms with Crippen molar-refractivity contribution in [3.8, 4) is 5.88 Å². The molecule has 0 atom stereocenters. The highest BCUT2D eigenvalue weighted by Crippen LogP contribution is 2.21. The van der Waals surface area contributed by atoms with Gasteiger partial charge in [0.15, 0.2) is 0 Å². The Morgan fingerprint density at radius 1 is 1.37 bits per heavy atom.